The highest BCUT2D eigenvalue weighted by Crippen LogP contribution is 2.39. The van der Waals surface area contributed by atoms with Crippen LogP contribution in [0.5, 0.6) is 0 Å². The average molecular weight is 258 g/mol. The zero-order valence-electron chi connectivity index (χ0n) is 11.0. The lowest BCUT2D eigenvalue weighted by molar-refractivity contribution is -0.200. The molecule has 0 amide bonds. The van der Waals surface area contributed by atoms with Gasteiger partial charge in [0.05, 0.1) is 6.61 Å². The number of fused-ring (bicyclic) bond motifs is 1. The highest BCUT2D eigenvalue weighted by molar-refractivity contribution is 5.78. The molecule has 4 unspecified atom stereocenters. The molecule has 0 aromatic rings. The Kier molecular flexibility index (Phi) is 2.51. The first-order valence-corrected chi connectivity index (χ1v) is 6.15. The van der Waals surface area contributed by atoms with Crippen LogP contribution >= 0.6 is 0 Å². The molecule has 0 aliphatic carbocycles. The van der Waals surface area contributed by atoms with Crippen LogP contribution < -0.4 is 0 Å². The number of hydrogen-bond donors (Lipinski definition) is 0. The van der Waals surface area contributed by atoms with Gasteiger partial charge in [-0.25, -0.2) is 4.79 Å². The van der Waals surface area contributed by atoms with E-state index in [0.29, 0.717) is 6.61 Å². The fourth-order valence-corrected chi connectivity index (χ4v) is 2.64. The zero-order valence-corrected chi connectivity index (χ0v) is 11.0. The van der Waals surface area contributed by atoms with Crippen LogP contribution in [-0.2, 0) is 28.5 Å². The van der Waals surface area contributed by atoms with E-state index in [9.17, 15) is 4.79 Å². The van der Waals surface area contributed by atoms with Gasteiger partial charge in [0.25, 0.3) is 0 Å². The highest BCUT2D eigenvalue weighted by Gasteiger charge is 2.59. The molecule has 0 saturated carbocycles. The minimum absolute atomic E-state index is 0.309. The molecule has 0 aromatic carbocycles. The number of rotatable bonds is 1. The van der Waals surface area contributed by atoms with E-state index in [4.69, 9.17) is 23.7 Å². The van der Waals surface area contributed by atoms with Gasteiger partial charge in [-0.15, -0.1) is 0 Å². The van der Waals surface area contributed by atoms with Crippen LogP contribution in [0.4, 0.5) is 0 Å². The molecule has 3 rings (SSSR count). The molecule has 102 valence electrons. The smallest absolute Gasteiger partial charge is 0.338 e. The van der Waals surface area contributed by atoms with Crippen molar-refractivity contribution in [2.45, 2.75) is 63.7 Å². The predicted molar refractivity (Wildman–Crippen MR) is 58.6 cm³/mol. The van der Waals surface area contributed by atoms with E-state index in [1.54, 1.807) is 13.8 Å². The summed E-state index contributed by atoms with van der Waals surface area (Å²) in [6.07, 6.45) is -1.85. The van der Waals surface area contributed by atoms with Crippen molar-refractivity contribution in [1.82, 2.24) is 0 Å². The fourth-order valence-electron chi connectivity index (χ4n) is 2.64. The van der Waals surface area contributed by atoms with Crippen LogP contribution in [0.2, 0.25) is 0 Å². The second kappa shape index (κ2) is 3.66. The van der Waals surface area contributed by atoms with Crippen LogP contribution in [0.25, 0.3) is 0 Å². The first kappa shape index (κ1) is 12.3. The van der Waals surface area contributed by atoms with Gasteiger partial charge in [0.15, 0.2) is 23.8 Å². The van der Waals surface area contributed by atoms with Crippen molar-refractivity contribution in [2.24, 2.45) is 0 Å². The highest BCUT2D eigenvalue weighted by atomic mass is 16.8. The number of esters is 1. The maximum absolute atomic E-state index is 11.7. The number of hydrogen-bond acceptors (Lipinski definition) is 6. The molecular formula is C12H18O6. The predicted octanol–water partition coefficient (Wildman–Crippen LogP) is 0.583. The second-order valence-corrected chi connectivity index (χ2v) is 5.79. The lowest BCUT2D eigenvalue weighted by Gasteiger charge is -2.25. The average Bonchev–Trinajstić information content (AvgIpc) is 2.81. The van der Waals surface area contributed by atoms with E-state index >= 15 is 0 Å². The molecule has 6 heteroatoms. The molecule has 4 atom stereocenters. The molecule has 3 heterocycles. The van der Waals surface area contributed by atoms with Crippen LogP contribution in [0.15, 0.2) is 0 Å². The van der Waals surface area contributed by atoms with Gasteiger partial charge >= 0.3 is 5.97 Å². The third-order valence-corrected chi connectivity index (χ3v) is 3.33. The molecule has 0 bridgehead atoms. The third-order valence-electron chi connectivity index (χ3n) is 3.33. The van der Waals surface area contributed by atoms with Gasteiger partial charge in [0.2, 0.25) is 0 Å². The first-order valence-electron chi connectivity index (χ1n) is 6.15. The summed E-state index contributed by atoms with van der Waals surface area (Å²) < 4.78 is 27.8. The Morgan fingerprint density at radius 3 is 2.33 bits per heavy atom. The van der Waals surface area contributed by atoms with Crippen LogP contribution in [-0.4, -0.2) is 48.6 Å². The SMILES string of the molecule is CC1(C)OCC(C2OC(=O)C3OC(C)(C)OC32)O1. The topological polar surface area (TPSA) is 63.2 Å². The molecule has 3 aliphatic heterocycles. The normalized spacial score (nSPS) is 45.0. The molecule has 0 N–H and O–H groups in total. The summed E-state index contributed by atoms with van der Waals surface area (Å²) in [4.78, 5) is 11.7. The van der Waals surface area contributed by atoms with Gasteiger partial charge < -0.3 is 23.7 Å². The quantitative estimate of drug-likeness (QED) is 0.641. The van der Waals surface area contributed by atoms with Gasteiger partial charge in [-0.3, -0.25) is 0 Å². The molecule has 0 radical (unpaired) electrons. The van der Waals surface area contributed by atoms with E-state index in [2.05, 4.69) is 0 Å². The Balaban J connectivity index is 1.77. The maximum atomic E-state index is 11.7. The molecule has 18 heavy (non-hydrogen) atoms. The standard InChI is InChI=1S/C12H18O6/c1-11(2)14-5-6(16-11)7-8-9(10(13)15-7)18-12(3,4)17-8/h6-9H,5H2,1-4H3. The molecule has 3 aliphatic rings. The Hall–Kier alpha value is -0.690. The Bertz CT molecular complexity index is 377. The lowest BCUT2D eigenvalue weighted by Crippen LogP contribution is -2.40. The zero-order chi connectivity index (χ0) is 13.1. The summed E-state index contributed by atoms with van der Waals surface area (Å²) in [7, 11) is 0. The largest absolute Gasteiger partial charge is 0.455 e. The van der Waals surface area contributed by atoms with Gasteiger partial charge in [0, 0.05) is 0 Å². The molecule has 0 aromatic heterocycles. The van der Waals surface area contributed by atoms with Crippen molar-refractivity contribution in [2.75, 3.05) is 6.61 Å². The molecule has 3 fully saturated rings. The van der Waals surface area contributed by atoms with E-state index in [0.717, 1.165) is 0 Å². The van der Waals surface area contributed by atoms with Gasteiger partial charge in [0.1, 0.15) is 12.2 Å². The summed E-state index contributed by atoms with van der Waals surface area (Å²) in [5.41, 5.74) is 0. The van der Waals surface area contributed by atoms with Crippen molar-refractivity contribution >= 4 is 5.97 Å². The van der Waals surface area contributed by atoms with Crippen molar-refractivity contribution in [3.8, 4) is 0 Å². The van der Waals surface area contributed by atoms with E-state index < -0.39 is 29.9 Å². The molecular weight excluding hydrogens is 240 g/mol. The second-order valence-electron chi connectivity index (χ2n) is 5.79. The molecule has 6 nitrogen and oxygen atoms in total. The summed E-state index contributed by atoms with van der Waals surface area (Å²) >= 11 is 0. The maximum Gasteiger partial charge on any atom is 0.338 e. The third kappa shape index (κ3) is 1.93. The monoisotopic (exact) mass is 258 g/mol. The number of ether oxygens (including phenoxy) is 5. The van der Waals surface area contributed by atoms with Gasteiger partial charge in [-0.05, 0) is 27.7 Å². The minimum Gasteiger partial charge on any atom is -0.455 e. The van der Waals surface area contributed by atoms with E-state index in [1.165, 1.54) is 0 Å². The number of carbonyl (C=O) groups excluding carboxylic acids is 1. The molecule has 0 spiro atoms. The lowest BCUT2D eigenvalue weighted by atomic mass is 10.1. The van der Waals surface area contributed by atoms with Crippen LogP contribution in [0, 0.1) is 0 Å². The Morgan fingerprint density at radius 1 is 1.00 bits per heavy atom. The van der Waals surface area contributed by atoms with Gasteiger partial charge in [-0.1, -0.05) is 0 Å². The van der Waals surface area contributed by atoms with Crippen LogP contribution in [0.3, 0.4) is 0 Å². The van der Waals surface area contributed by atoms with Crippen molar-refractivity contribution in [3.05, 3.63) is 0 Å². The van der Waals surface area contributed by atoms with E-state index in [1.807, 2.05) is 13.8 Å². The van der Waals surface area contributed by atoms with E-state index in [-0.39, 0.29) is 12.1 Å². The number of cyclic esters (lactones) is 1. The molecule has 3 saturated heterocycles. The summed E-state index contributed by atoms with van der Waals surface area (Å²) in [5.74, 6) is -1.80. The van der Waals surface area contributed by atoms with Crippen molar-refractivity contribution in [3.63, 3.8) is 0 Å². The van der Waals surface area contributed by atoms with Crippen molar-refractivity contribution in [1.29, 1.82) is 0 Å². The fraction of sp³-hybridized carbons (Fsp3) is 0.917. The van der Waals surface area contributed by atoms with Crippen molar-refractivity contribution < 1.29 is 28.5 Å². The summed E-state index contributed by atoms with van der Waals surface area (Å²) in [6.45, 7) is 7.61. The van der Waals surface area contributed by atoms with Crippen LogP contribution in [0.1, 0.15) is 27.7 Å². The Labute approximate surface area is 105 Å². The Morgan fingerprint density at radius 2 is 1.72 bits per heavy atom. The first-order chi connectivity index (χ1) is 8.27. The van der Waals surface area contributed by atoms with Gasteiger partial charge in [-0.2, -0.15) is 0 Å². The summed E-state index contributed by atoms with van der Waals surface area (Å²) in [5, 5.41) is 0. The summed E-state index contributed by atoms with van der Waals surface area (Å²) in [6, 6.07) is 0. The number of carbonyl (C=O) groups is 1. The minimum atomic E-state index is -0.762.